The number of amides is 1. The summed E-state index contributed by atoms with van der Waals surface area (Å²) in [6.07, 6.45) is 0.739. The molecule has 0 spiro atoms. The van der Waals surface area contributed by atoms with Crippen LogP contribution in [0.5, 0.6) is 0 Å². The lowest BCUT2D eigenvalue weighted by Gasteiger charge is -1.99. The van der Waals surface area contributed by atoms with Gasteiger partial charge in [-0.15, -0.1) is 0 Å². The van der Waals surface area contributed by atoms with Crippen LogP contribution in [0.15, 0.2) is 0 Å². The molecule has 0 aliphatic rings. The lowest BCUT2D eigenvalue weighted by Crippen LogP contribution is -2.12. The summed E-state index contributed by atoms with van der Waals surface area (Å²) in [4.78, 5) is 10.3. The molecule has 0 rings (SSSR count). The number of hydrogen-bond donors (Lipinski definition) is 1. The zero-order chi connectivity index (χ0) is 8.69. The zero-order valence-corrected chi connectivity index (χ0v) is 6.08. The van der Waals surface area contributed by atoms with Gasteiger partial charge in [0, 0.05) is 6.42 Å². The minimum absolute atomic E-state index is 0.170. The largest absolute Gasteiger partial charge is 0.370 e. The Balaban J connectivity index is 3.65. The van der Waals surface area contributed by atoms with Crippen LogP contribution in [-0.4, -0.2) is 5.91 Å². The molecule has 11 heavy (non-hydrogen) atoms. The number of nitrogens with zero attached hydrogens (tertiary/aromatic N) is 2. The number of carbonyl (C=O) groups excluding carboxylic acids is 1. The van der Waals surface area contributed by atoms with Gasteiger partial charge in [-0.25, -0.2) is 0 Å². The second-order valence-corrected chi connectivity index (χ2v) is 2.19. The van der Waals surface area contributed by atoms with Crippen LogP contribution >= 0.6 is 0 Å². The Morgan fingerprint density at radius 3 is 2.55 bits per heavy atom. The first-order chi connectivity index (χ1) is 5.20. The molecule has 1 atom stereocenters. The van der Waals surface area contributed by atoms with Gasteiger partial charge in [0.05, 0.1) is 24.5 Å². The molecule has 1 amide bonds. The quantitative estimate of drug-likeness (QED) is 0.626. The van der Waals surface area contributed by atoms with Crippen LogP contribution in [-0.2, 0) is 4.79 Å². The number of nitriles is 2. The van der Waals surface area contributed by atoms with Crippen LogP contribution in [0.1, 0.15) is 19.3 Å². The molecule has 0 aromatic heterocycles. The highest BCUT2D eigenvalue weighted by atomic mass is 16.1. The first kappa shape index (κ1) is 9.45. The normalized spacial score (nSPS) is 11.1. The lowest BCUT2D eigenvalue weighted by molar-refractivity contribution is -0.118. The third-order valence-electron chi connectivity index (χ3n) is 1.26. The van der Waals surface area contributed by atoms with Crippen LogP contribution in [0.2, 0.25) is 0 Å². The second-order valence-electron chi connectivity index (χ2n) is 2.19. The molecule has 1 unspecified atom stereocenters. The summed E-state index contributed by atoms with van der Waals surface area (Å²) in [5.74, 6) is -0.782. The molecule has 0 fully saturated rings. The van der Waals surface area contributed by atoms with E-state index >= 15 is 0 Å². The zero-order valence-electron chi connectivity index (χ0n) is 6.08. The van der Waals surface area contributed by atoms with Gasteiger partial charge in [0.1, 0.15) is 0 Å². The average Bonchev–Trinajstić information content (AvgIpc) is 1.97. The van der Waals surface area contributed by atoms with Gasteiger partial charge in [-0.3, -0.25) is 4.79 Å². The van der Waals surface area contributed by atoms with E-state index in [4.69, 9.17) is 16.3 Å². The van der Waals surface area contributed by atoms with E-state index in [1.54, 1.807) is 0 Å². The number of primary amides is 1. The molecule has 0 bridgehead atoms. The Morgan fingerprint density at radius 2 is 2.18 bits per heavy atom. The van der Waals surface area contributed by atoms with Crippen molar-refractivity contribution in [2.24, 2.45) is 11.7 Å². The van der Waals surface area contributed by atoms with E-state index in [2.05, 4.69) is 0 Å². The van der Waals surface area contributed by atoms with E-state index in [1.165, 1.54) is 0 Å². The van der Waals surface area contributed by atoms with Crippen LogP contribution in [0, 0.1) is 28.6 Å². The standard InChI is InChI=1S/C7H9N3O/c8-4-3-6(5-9)1-2-7(10)11/h6H,1-3H2,(H2,10,11). The maximum Gasteiger partial charge on any atom is 0.217 e. The molecule has 58 valence electrons. The van der Waals surface area contributed by atoms with Crippen molar-refractivity contribution in [3.63, 3.8) is 0 Å². The van der Waals surface area contributed by atoms with E-state index in [0.29, 0.717) is 6.42 Å². The van der Waals surface area contributed by atoms with E-state index < -0.39 is 5.91 Å². The predicted octanol–water partition coefficient (Wildman–Crippen LogP) is 0.305. The first-order valence-corrected chi connectivity index (χ1v) is 3.25. The van der Waals surface area contributed by atoms with Gasteiger partial charge in [0.25, 0.3) is 0 Å². The molecule has 0 saturated heterocycles. The third-order valence-corrected chi connectivity index (χ3v) is 1.26. The molecule has 0 aromatic rings. The van der Waals surface area contributed by atoms with Crippen molar-refractivity contribution in [1.82, 2.24) is 0 Å². The van der Waals surface area contributed by atoms with E-state index in [1.807, 2.05) is 12.1 Å². The summed E-state index contributed by atoms with van der Waals surface area (Å²) in [5, 5.41) is 16.6. The highest BCUT2D eigenvalue weighted by Gasteiger charge is 2.07. The summed E-state index contributed by atoms with van der Waals surface area (Å²) in [7, 11) is 0. The fourth-order valence-electron chi connectivity index (χ4n) is 0.639. The third kappa shape index (κ3) is 4.92. The van der Waals surface area contributed by atoms with Crippen LogP contribution in [0.3, 0.4) is 0 Å². The second kappa shape index (κ2) is 5.25. The number of carbonyl (C=O) groups is 1. The Morgan fingerprint density at radius 1 is 1.55 bits per heavy atom. The fraction of sp³-hybridized carbons (Fsp3) is 0.571. The van der Waals surface area contributed by atoms with E-state index in [9.17, 15) is 4.79 Å². The van der Waals surface area contributed by atoms with Crippen molar-refractivity contribution >= 4 is 5.91 Å². The Hall–Kier alpha value is -1.55. The first-order valence-electron chi connectivity index (χ1n) is 3.25. The monoisotopic (exact) mass is 151 g/mol. The molecule has 0 aromatic carbocycles. The van der Waals surface area contributed by atoms with Gasteiger partial charge in [-0.1, -0.05) is 0 Å². The average molecular weight is 151 g/mol. The maximum absolute atomic E-state index is 10.3. The SMILES string of the molecule is N#CCC(C#N)CCC(N)=O. The summed E-state index contributed by atoms with van der Waals surface area (Å²) in [6, 6.07) is 3.80. The van der Waals surface area contributed by atoms with Crippen molar-refractivity contribution in [1.29, 1.82) is 10.5 Å². The summed E-state index contributed by atoms with van der Waals surface area (Å²) >= 11 is 0. The van der Waals surface area contributed by atoms with E-state index in [-0.39, 0.29) is 18.8 Å². The van der Waals surface area contributed by atoms with Crippen molar-refractivity contribution in [3.05, 3.63) is 0 Å². The maximum atomic E-state index is 10.3. The van der Waals surface area contributed by atoms with Gasteiger partial charge in [0.2, 0.25) is 5.91 Å². The molecule has 0 radical (unpaired) electrons. The molecule has 0 heterocycles. The highest BCUT2D eigenvalue weighted by Crippen LogP contribution is 2.08. The highest BCUT2D eigenvalue weighted by molar-refractivity contribution is 5.73. The predicted molar refractivity (Wildman–Crippen MR) is 37.8 cm³/mol. The van der Waals surface area contributed by atoms with Crippen molar-refractivity contribution < 1.29 is 4.79 Å². The topological polar surface area (TPSA) is 90.7 Å². The van der Waals surface area contributed by atoms with Crippen LogP contribution in [0.4, 0.5) is 0 Å². The van der Waals surface area contributed by atoms with Gasteiger partial charge < -0.3 is 5.73 Å². The van der Waals surface area contributed by atoms with Crippen molar-refractivity contribution in [3.8, 4) is 12.1 Å². The fourth-order valence-corrected chi connectivity index (χ4v) is 0.639. The Bertz CT molecular complexity index is 211. The smallest absolute Gasteiger partial charge is 0.217 e. The molecule has 0 saturated carbocycles. The van der Waals surface area contributed by atoms with E-state index in [0.717, 1.165) is 0 Å². The summed E-state index contributed by atoms with van der Waals surface area (Å²) in [5.41, 5.74) is 4.86. The summed E-state index contributed by atoms with van der Waals surface area (Å²) in [6.45, 7) is 0. The molecule has 0 aliphatic carbocycles. The minimum atomic E-state index is -0.428. The van der Waals surface area contributed by atoms with Gasteiger partial charge in [0.15, 0.2) is 0 Å². The van der Waals surface area contributed by atoms with Crippen molar-refractivity contribution in [2.75, 3.05) is 0 Å². The molecule has 2 N–H and O–H groups in total. The van der Waals surface area contributed by atoms with Gasteiger partial charge in [-0.05, 0) is 6.42 Å². The van der Waals surface area contributed by atoms with Crippen LogP contribution in [0.25, 0.3) is 0 Å². The molecule has 4 heteroatoms. The summed E-state index contributed by atoms with van der Waals surface area (Å²) < 4.78 is 0. The number of hydrogen-bond acceptors (Lipinski definition) is 3. The molecular weight excluding hydrogens is 142 g/mol. The van der Waals surface area contributed by atoms with Gasteiger partial charge >= 0.3 is 0 Å². The lowest BCUT2D eigenvalue weighted by atomic mass is 10.0. The van der Waals surface area contributed by atoms with Crippen molar-refractivity contribution in [2.45, 2.75) is 19.3 Å². The Labute approximate surface area is 65.2 Å². The molecule has 4 nitrogen and oxygen atoms in total. The Kier molecular flexibility index (Phi) is 4.51. The van der Waals surface area contributed by atoms with Crippen LogP contribution < -0.4 is 5.73 Å². The van der Waals surface area contributed by atoms with Gasteiger partial charge in [-0.2, -0.15) is 10.5 Å². The molecular formula is C7H9N3O. The molecule has 0 aliphatic heterocycles. The number of rotatable bonds is 4. The minimum Gasteiger partial charge on any atom is -0.370 e. The number of nitrogens with two attached hydrogens (primary N) is 1.